The van der Waals surface area contributed by atoms with Gasteiger partial charge in [0.05, 0.1) is 12.8 Å². The third-order valence-electron chi connectivity index (χ3n) is 3.74. The van der Waals surface area contributed by atoms with Gasteiger partial charge in [-0.2, -0.15) is 0 Å². The molecule has 0 aromatic carbocycles. The molecule has 1 fully saturated rings. The summed E-state index contributed by atoms with van der Waals surface area (Å²) < 4.78 is 5.29. The Hall–Kier alpha value is -0.840. The number of hydrogen-bond acceptors (Lipinski definition) is 4. The van der Waals surface area contributed by atoms with E-state index < -0.39 is 0 Å². The summed E-state index contributed by atoms with van der Waals surface area (Å²) in [6, 6.07) is 4.63. The Morgan fingerprint density at radius 3 is 3.00 bits per heavy atom. The van der Waals surface area contributed by atoms with E-state index in [4.69, 9.17) is 4.42 Å². The van der Waals surface area contributed by atoms with Crippen LogP contribution in [0.5, 0.6) is 0 Å². The minimum absolute atomic E-state index is 0.689. The van der Waals surface area contributed by atoms with Crippen molar-refractivity contribution in [2.24, 2.45) is 0 Å². The highest BCUT2D eigenvalue weighted by Crippen LogP contribution is 2.08. The van der Waals surface area contributed by atoms with Crippen LogP contribution in [-0.4, -0.2) is 55.1 Å². The number of nitrogens with one attached hydrogen (secondary N) is 1. The molecule has 1 saturated heterocycles. The van der Waals surface area contributed by atoms with Crippen molar-refractivity contribution in [2.75, 3.05) is 39.3 Å². The Morgan fingerprint density at radius 2 is 2.33 bits per heavy atom. The van der Waals surface area contributed by atoms with Crippen LogP contribution in [0.25, 0.3) is 0 Å². The Balaban J connectivity index is 1.60. The van der Waals surface area contributed by atoms with Crippen molar-refractivity contribution in [3.8, 4) is 0 Å². The molecule has 0 radical (unpaired) electrons. The molecule has 0 aliphatic carbocycles. The van der Waals surface area contributed by atoms with Crippen LogP contribution in [0.3, 0.4) is 0 Å². The maximum Gasteiger partial charge on any atom is 0.117 e. The first-order valence-corrected chi connectivity index (χ1v) is 6.99. The maximum absolute atomic E-state index is 5.29. The van der Waals surface area contributed by atoms with E-state index in [0.29, 0.717) is 6.04 Å². The molecule has 2 heterocycles. The predicted octanol–water partition coefficient (Wildman–Crippen LogP) is 1.40. The van der Waals surface area contributed by atoms with Crippen LogP contribution in [0.15, 0.2) is 22.8 Å². The average Bonchev–Trinajstić information content (AvgIpc) is 2.88. The summed E-state index contributed by atoms with van der Waals surface area (Å²) >= 11 is 0. The summed E-state index contributed by atoms with van der Waals surface area (Å²) in [6.07, 6.45) is 1.72. The second-order valence-corrected chi connectivity index (χ2v) is 5.03. The molecule has 1 aliphatic rings. The summed E-state index contributed by atoms with van der Waals surface area (Å²) in [5.74, 6) is 1.01. The van der Waals surface area contributed by atoms with Crippen molar-refractivity contribution in [2.45, 2.75) is 26.4 Å². The van der Waals surface area contributed by atoms with Gasteiger partial charge in [-0.25, -0.2) is 0 Å². The molecule has 0 saturated carbocycles. The van der Waals surface area contributed by atoms with Gasteiger partial charge in [0.25, 0.3) is 0 Å². The fourth-order valence-electron chi connectivity index (χ4n) is 2.61. The predicted molar refractivity (Wildman–Crippen MR) is 73.6 cm³/mol. The molecule has 1 aliphatic heterocycles. The van der Waals surface area contributed by atoms with E-state index >= 15 is 0 Å². The van der Waals surface area contributed by atoms with Crippen LogP contribution in [-0.2, 0) is 6.54 Å². The van der Waals surface area contributed by atoms with Crippen molar-refractivity contribution in [1.82, 2.24) is 15.1 Å². The zero-order valence-electron chi connectivity index (χ0n) is 11.6. The largest absolute Gasteiger partial charge is 0.468 e. The van der Waals surface area contributed by atoms with Crippen molar-refractivity contribution in [3.63, 3.8) is 0 Å². The lowest BCUT2D eigenvalue weighted by atomic mass is 10.2. The first kappa shape index (κ1) is 13.6. The number of rotatable bonds is 6. The van der Waals surface area contributed by atoms with E-state index in [9.17, 15) is 0 Å². The molecule has 4 heteroatoms. The lowest BCUT2D eigenvalue weighted by molar-refractivity contribution is 0.0886. The van der Waals surface area contributed by atoms with Crippen LogP contribution in [0, 0.1) is 0 Å². The average molecular weight is 251 g/mol. The molecule has 1 unspecified atom stereocenters. The van der Waals surface area contributed by atoms with Crippen molar-refractivity contribution >= 4 is 0 Å². The fourth-order valence-corrected chi connectivity index (χ4v) is 2.61. The summed E-state index contributed by atoms with van der Waals surface area (Å²) in [5.41, 5.74) is 0. The molecule has 0 bridgehead atoms. The minimum Gasteiger partial charge on any atom is -0.468 e. The molecule has 1 aromatic rings. The lowest BCUT2D eigenvalue weighted by Crippen LogP contribution is -2.52. The standard InChI is InChI=1S/C14H25N3O/c1-3-17-9-8-16(12-13(17)2)7-6-15-11-14-5-4-10-18-14/h4-5,10,13,15H,3,6-9,11-12H2,1-2H3. The number of likely N-dealkylation sites (N-methyl/N-ethyl adjacent to an activating group) is 1. The monoisotopic (exact) mass is 251 g/mol. The molecule has 0 amide bonds. The van der Waals surface area contributed by atoms with E-state index in [2.05, 4.69) is 29.0 Å². The van der Waals surface area contributed by atoms with Gasteiger partial charge in [0.15, 0.2) is 0 Å². The third-order valence-corrected chi connectivity index (χ3v) is 3.74. The van der Waals surface area contributed by atoms with Gasteiger partial charge >= 0.3 is 0 Å². The highest BCUT2D eigenvalue weighted by Gasteiger charge is 2.21. The molecular formula is C14H25N3O. The molecule has 2 rings (SSSR count). The Morgan fingerprint density at radius 1 is 1.44 bits per heavy atom. The van der Waals surface area contributed by atoms with Gasteiger partial charge < -0.3 is 9.73 Å². The SMILES string of the molecule is CCN1CCN(CCNCc2ccco2)CC1C. The van der Waals surface area contributed by atoms with E-state index in [1.54, 1.807) is 6.26 Å². The van der Waals surface area contributed by atoms with Crippen LogP contribution in [0.1, 0.15) is 19.6 Å². The molecule has 102 valence electrons. The van der Waals surface area contributed by atoms with Gasteiger partial charge in [-0.1, -0.05) is 6.92 Å². The topological polar surface area (TPSA) is 31.6 Å². The van der Waals surface area contributed by atoms with Crippen molar-refractivity contribution < 1.29 is 4.42 Å². The summed E-state index contributed by atoms with van der Waals surface area (Å²) in [6.45, 7) is 12.3. The molecule has 0 spiro atoms. The van der Waals surface area contributed by atoms with Crippen LogP contribution < -0.4 is 5.32 Å². The highest BCUT2D eigenvalue weighted by molar-refractivity contribution is 4.97. The van der Waals surface area contributed by atoms with Crippen molar-refractivity contribution in [3.05, 3.63) is 24.2 Å². The number of furan rings is 1. The van der Waals surface area contributed by atoms with E-state index in [-0.39, 0.29) is 0 Å². The van der Waals surface area contributed by atoms with Gasteiger partial charge in [0.1, 0.15) is 5.76 Å². The van der Waals surface area contributed by atoms with E-state index in [0.717, 1.165) is 25.4 Å². The third kappa shape index (κ3) is 3.83. The van der Waals surface area contributed by atoms with Crippen LogP contribution in [0.4, 0.5) is 0 Å². The maximum atomic E-state index is 5.29. The fraction of sp³-hybridized carbons (Fsp3) is 0.714. The highest BCUT2D eigenvalue weighted by atomic mass is 16.3. The smallest absolute Gasteiger partial charge is 0.117 e. The number of hydrogen-bond donors (Lipinski definition) is 1. The molecule has 4 nitrogen and oxygen atoms in total. The first-order chi connectivity index (χ1) is 8.79. The zero-order chi connectivity index (χ0) is 12.8. The van der Waals surface area contributed by atoms with Crippen molar-refractivity contribution in [1.29, 1.82) is 0 Å². The van der Waals surface area contributed by atoms with Gasteiger partial charge in [-0.3, -0.25) is 9.80 Å². The summed E-state index contributed by atoms with van der Waals surface area (Å²) in [4.78, 5) is 5.10. The minimum atomic E-state index is 0.689. The second kappa shape index (κ2) is 6.92. The summed E-state index contributed by atoms with van der Waals surface area (Å²) in [5, 5.41) is 3.43. The first-order valence-electron chi connectivity index (χ1n) is 6.99. The lowest BCUT2D eigenvalue weighted by Gasteiger charge is -2.39. The van der Waals surface area contributed by atoms with E-state index in [1.807, 2.05) is 12.1 Å². The Labute approximate surface area is 110 Å². The quantitative estimate of drug-likeness (QED) is 0.774. The second-order valence-electron chi connectivity index (χ2n) is 5.03. The molecular weight excluding hydrogens is 226 g/mol. The Bertz CT molecular complexity index is 326. The van der Waals surface area contributed by atoms with Gasteiger partial charge in [0.2, 0.25) is 0 Å². The van der Waals surface area contributed by atoms with Gasteiger partial charge in [0, 0.05) is 38.8 Å². The normalized spacial score (nSPS) is 22.4. The van der Waals surface area contributed by atoms with Gasteiger partial charge in [-0.15, -0.1) is 0 Å². The molecule has 18 heavy (non-hydrogen) atoms. The van der Waals surface area contributed by atoms with Crippen LogP contribution in [0.2, 0.25) is 0 Å². The number of nitrogens with zero attached hydrogens (tertiary/aromatic N) is 2. The Kier molecular flexibility index (Phi) is 5.23. The summed E-state index contributed by atoms with van der Waals surface area (Å²) in [7, 11) is 0. The zero-order valence-corrected chi connectivity index (χ0v) is 11.6. The molecule has 1 atom stereocenters. The number of piperazine rings is 1. The van der Waals surface area contributed by atoms with E-state index in [1.165, 1.54) is 26.2 Å². The molecule has 1 N–H and O–H groups in total. The van der Waals surface area contributed by atoms with Crippen LogP contribution >= 0.6 is 0 Å². The molecule has 1 aromatic heterocycles. The van der Waals surface area contributed by atoms with Gasteiger partial charge in [-0.05, 0) is 25.6 Å².